The van der Waals surface area contributed by atoms with Gasteiger partial charge in [0.15, 0.2) is 0 Å². The summed E-state index contributed by atoms with van der Waals surface area (Å²) < 4.78 is 14.0. The number of hydrogen-bond donors (Lipinski definition) is 1. The number of benzene rings is 1. The Morgan fingerprint density at radius 2 is 2.11 bits per heavy atom. The third-order valence-corrected chi connectivity index (χ3v) is 5.32. The van der Waals surface area contributed by atoms with E-state index in [0.717, 1.165) is 6.54 Å². The first-order chi connectivity index (χ1) is 9.19. The highest BCUT2D eigenvalue weighted by atomic mass is 32.2. The maximum absolute atomic E-state index is 13.8. The average Bonchev–Trinajstić information content (AvgIpc) is 2.47. The van der Waals surface area contributed by atoms with Crippen LogP contribution in [-0.2, 0) is 0 Å². The van der Waals surface area contributed by atoms with Gasteiger partial charge in [-0.15, -0.1) is 0 Å². The summed E-state index contributed by atoms with van der Waals surface area (Å²) in [5, 5.41) is 11.9. The zero-order valence-electron chi connectivity index (χ0n) is 11.2. The van der Waals surface area contributed by atoms with Crippen molar-refractivity contribution in [3.63, 3.8) is 0 Å². The van der Waals surface area contributed by atoms with E-state index in [2.05, 4.69) is 11.6 Å². The van der Waals surface area contributed by atoms with Gasteiger partial charge >= 0.3 is 0 Å². The van der Waals surface area contributed by atoms with Crippen LogP contribution in [0.2, 0.25) is 0 Å². The molecule has 1 fully saturated rings. The molecule has 1 aromatic rings. The third-order valence-electron chi connectivity index (χ3n) is 3.90. The molecular formula is C15H19FN2S. The monoisotopic (exact) mass is 278 g/mol. The van der Waals surface area contributed by atoms with Crippen LogP contribution in [0.15, 0.2) is 18.2 Å². The molecule has 0 aliphatic heterocycles. The molecule has 1 saturated carbocycles. The normalized spacial score (nSPS) is 17.7. The van der Waals surface area contributed by atoms with Crippen LogP contribution in [0.1, 0.15) is 37.7 Å². The predicted octanol–water partition coefficient (Wildman–Crippen LogP) is 4.18. The van der Waals surface area contributed by atoms with Gasteiger partial charge in [-0.3, -0.25) is 0 Å². The van der Waals surface area contributed by atoms with Gasteiger partial charge < -0.3 is 5.32 Å². The van der Waals surface area contributed by atoms with Crippen molar-refractivity contribution in [2.75, 3.05) is 18.1 Å². The zero-order valence-corrected chi connectivity index (χ0v) is 12.0. The predicted molar refractivity (Wildman–Crippen MR) is 78.9 cm³/mol. The first-order valence-electron chi connectivity index (χ1n) is 6.68. The number of nitrogens with zero attached hydrogens (tertiary/aromatic N) is 1. The van der Waals surface area contributed by atoms with Crippen molar-refractivity contribution in [3.8, 4) is 6.07 Å². The lowest BCUT2D eigenvalue weighted by molar-refractivity contribution is 0.411. The summed E-state index contributed by atoms with van der Waals surface area (Å²) in [6.07, 6.45) is 8.37. The second-order valence-corrected chi connectivity index (χ2v) is 6.38. The largest absolute Gasteiger partial charge is 0.381 e. The summed E-state index contributed by atoms with van der Waals surface area (Å²) in [7, 11) is 0. The molecule has 0 amide bonds. The summed E-state index contributed by atoms with van der Waals surface area (Å²) in [5.74, 6) is -0.342. The molecule has 0 unspecified atom stereocenters. The zero-order chi connectivity index (χ0) is 13.7. The molecule has 19 heavy (non-hydrogen) atoms. The smallest absolute Gasteiger partial charge is 0.147 e. The molecule has 0 spiro atoms. The summed E-state index contributed by atoms with van der Waals surface area (Å²) in [6.45, 7) is 0.789. The molecule has 2 rings (SSSR count). The van der Waals surface area contributed by atoms with Crippen LogP contribution in [-0.4, -0.2) is 17.5 Å². The fraction of sp³-hybridized carbons (Fsp3) is 0.533. The molecule has 102 valence electrons. The quantitative estimate of drug-likeness (QED) is 0.897. The number of anilines is 1. The average molecular weight is 278 g/mol. The van der Waals surface area contributed by atoms with Crippen molar-refractivity contribution in [3.05, 3.63) is 29.6 Å². The summed E-state index contributed by atoms with van der Waals surface area (Å²) in [5.41, 5.74) is 0.860. The van der Waals surface area contributed by atoms with Gasteiger partial charge in [-0.2, -0.15) is 17.0 Å². The maximum atomic E-state index is 13.8. The highest BCUT2D eigenvalue weighted by Crippen LogP contribution is 2.38. The molecule has 1 aromatic carbocycles. The van der Waals surface area contributed by atoms with Crippen molar-refractivity contribution in [2.45, 2.75) is 36.9 Å². The maximum Gasteiger partial charge on any atom is 0.147 e. The fourth-order valence-electron chi connectivity index (χ4n) is 2.63. The van der Waals surface area contributed by atoms with Crippen LogP contribution >= 0.6 is 11.8 Å². The molecular weight excluding hydrogens is 259 g/mol. The number of halogens is 1. The highest BCUT2D eigenvalue weighted by Gasteiger charge is 2.30. The Balaban J connectivity index is 2.03. The highest BCUT2D eigenvalue weighted by molar-refractivity contribution is 8.00. The van der Waals surface area contributed by atoms with E-state index in [-0.39, 0.29) is 10.6 Å². The molecule has 0 aromatic heterocycles. The molecule has 2 nitrogen and oxygen atoms in total. The Bertz CT molecular complexity index is 476. The minimum Gasteiger partial charge on any atom is -0.381 e. The SMILES string of the molecule is CSC1(CNc2ccc(C#N)cc2F)CCCCC1. The molecule has 0 radical (unpaired) electrons. The van der Waals surface area contributed by atoms with E-state index in [0.29, 0.717) is 11.3 Å². The Labute approximate surface area is 118 Å². The van der Waals surface area contributed by atoms with Crippen molar-refractivity contribution >= 4 is 17.4 Å². The molecule has 0 saturated heterocycles. The lowest BCUT2D eigenvalue weighted by atomic mass is 9.88. The molecule has 4 heteroatoms. The van der Waals surface area contributed by atoms with Crippen LogP contribution in [0.5, 0.6) is 0 Å². The van der Waals surface area contributed by atoms with Crippen LogP contribution in [0.4, 0.5) is 10.1 Å². The second-order valence-electron chi connectivity index (χ2n) is 5.11. The van der Waals surface area contributed by atoms with Gasteiger partial charge in [0.2, 0.25) is 0 Å². The fourth-order valence-corrected chi connectivity index (χ4v) is 3.55. The lowest BCUT2D eigenvalue weighted by Gasteiger charge is -2.36. The van der Waals surface area contributed by atoms with Crippen LogP contribution in [0.25, 0.3) is 0 Å². The Morgan fingerprint density at radius 1 is 1.37 bits per heavy atom. The molecule has 1 aliphatic rings. The molecule has 1 N–H and O–H groups in total. The van der Waals surface area contributed by atoms with Crippen LogP contribution in [0, 0.1) is 17.1 Å². The van der Waals surface area contributed by atoms with Gasteiger partial charge in [-0.05, 0) is 37.3 Å². The number of thioether (sulfide) groups is 1. The first kappa shape index (κ1) is 14.2. The van der Waals surface area contributed by atoms with Gasteiger partial charge in [0.05, 0.1) is 17.3 Å². The number of nitriles is 1. The number of rotatable bonds is 4. The van der Waals surface area contributed by atoms with Crippen LogP contribution in [0.3, 0.4) is 0 Å². The third kappa shape index (κ3) is 3.42. The molecule has 1 aliphatic carbocycles. The van der Waals surface area contributed by atoms with E-state index in [1.165, 1.54) is 38.2 Å². The molecule has 0 heterocycles. The van der Waals surface area contributed by atoms with Crippen molar-refractivity contribution in [2.24, 2.45) is 0 Å². The first-order valence-corrected chi connectivity index (χ1v) is 7.90. The molecule has 0 bridgehead atoms. The van der Waals surface area contributed by atoms with E-state index in [1.807, 2.05) is 17.8 Å². The minimum atomic E-state index is -0.342. The Kier molecular flexibility index (Phi) is 4.71. The number of hydrogen-bond acceptors (Lipinski definition) is 3. The van der Waals surface area contributed by atoms with Gasteiger partial charge in [0.1, 0.15) is 5.82 Å². The van der Waals surface area contributed by atoms with Crippen LogP contribution < -0.4 is 5.32 Å². The van der Waals surface area contributed by atoms with E-state index < -0.39 is 0 Å². The van der Waals surface area contributed by atoms with Gasteiger partial charge in [0.25, 0.3) is 0 Å². The van der Waals surface area contributed by atoms with E-state index in [4.69, 9.17) is 5.26 Å². The summed E-state index contributed by atoms with van der Waals surface area (Å²) >= 11 is 1.89. The van der Waals surface area contributed by atoms with Crippen molar-refractivity contribution < 1.29 is 4.39 Å². The Hall–Kier alpha value is -1.21. The van der Waals surface area contributed by atoms with Gasteiger partial charge in [0, 0.05) is 11.3 Å². The lowest BCUT2D eigenvalue weighted by Crippen LogP contribution is -2.35. The molecule has 0 atom stereocenters. The minimum absolute atomic E-state index is 0.235. The standard InChI is InChI=1S/C15H19FN2S/c1-19-15(7-3-2-4-8-15)11-18-14-6-5-12(10-17)9-13(14)16/h5-6,9,18H,2-4,7-8,11H2,1H3. The summed E-state index contributed by atoms with van der Waals surface area (Å²) in [4.78, 5) is 0. The van der Waals surface area contributed by atoms with Crippen molar-refractivity contribution in [1.82, 2.24) is 0 Å². The second kappa shape index (κ2) is 6.29. The number of nitrogens with one attached hydrogen (secondary N) is 1. The van der Waals surface area contributed by atoms with Gasteiger partial charge in [-0.25, -0.2) is 4.39 Å². The van der Waals surface area contributed by atoms with Gasteiger partial charge in [-0.1, -0.05) is 19.3 Å². The van der Waals surface area contributed by atoms with E-state index in [1.54, 1.807) is 12.1 Å². The van der Waals surface area contributed by atoms with E-state index >= 15 is 0 Å². The topological polar surface area (TPSA) is 35.8 Å². The summed E-state index contributed by atoms with van der Waals surface area (Å²) in [6, 6.07) is 6.54. The van der Waals surface area contributed by atoms with Crippen molar-refractivity contribution in [1.29, 1.82) is 5.26 Å². The van der Waals surface area contributed by atoms with E-state index in [9.17, 15) is 4.39 Å². The Morgan fingerprint density at radius 3 is 2.68 bits per heavy atom.